The standard InChI is InChI=1S/C27H30N2O6/c1-33-17-21-9-5-6-12-28(21)24(30)14-27(20-7-3-2-4-8-20)15-25(31)29(26(27)32)16-19-10-11-22-23(13-19)35-18-34-22/h2-4,7-8,10-11,13,21H,5-6,9,12,14-18H2,1H3/t21-,27+/m0/s1. The number of fused-ring (bicyclic) bond motifs is 1. The molecular weight excluding hydrogens is 448 g/mol. The van der Waals surface area contributed by atoms with E-state index in [2.05, 4.69) is 0 Å². The summed E-state index contributed by atoms with van der Waals surface area (Å²) in [6, 6.07) is 14.6. The fraction of sp³-hybridized carbons (Fsp3) is 0.444. The number of amides is 3. The number of hydrogen-bond acceptors (Lipinski definition) is 6. The van der Waals surface area contributed by atoms with E-state index in [9.17, 15) is 14.4 Å². The molecule has 0 N–H and O–H groups in total. The van der Waals surface area contributed by atoms with Crippen molar-refractivity contribution < 1.29 is 28.6 Å². The molecule has 0 spiro atoms. The number of imide groups is 1. The maximum Gasteiger partial charge on any atom is 0.241 e. The predicted molar refractivity (Wildman–Crippen MR) is 127 cm³/mol. The average Bonchev–Trinajstić information content (AvgIpc) is 3.43. The molecule has 8 heteroatoms. The maximum absolute atomic E-state index is 14.0. The normalized spacial score (nSPS) is 23.7. The number of ether oxygens (including phenoxy) is 3. The second-order valence-electron chi connectivity index (χ2n) is 9.47. The van der Waals surface area contributed by atoms with Crippen LogP contribution in [0.15, 0.2) is 48.5 Å². The Bertz CT molecular complexity index is 1120. The fourth-order valence-electron chi connectivity index (χ4n) is 5.46. The number of nitrogens with zero attached hydrogens (tertiary/aromatic N) is 2. The first-order valence-electron chi connectivity index (χ1n) is 12.1. The number of methoxy groups -OCH3 is 1. The minimum atomic E-state index is -1.22. The summed E-state index contributed by atoms with van der Waals surface area (Å²) < 4.78 is 16.2. The van der Waals surface area contributed by atoms with Gasteiger partial charge in [-0.1, -0.05) is 36.4 Å². The minimum absolute atomic E-state index is 0.00832. The van der Waals surface area contributed by atoms with E-state index in [1.165, 1.54) is 4.90 Å². The third-order valence-corrected chi connectivity index (χ3v) is 7.27. The average molecular weight is 479 g/mol. The molecule has 2 aromatic rings. The lowest BCUT2D eigenvalue weighted by molar-refractivity contribution is -0.144. The Balaban J connectivity index is 1.43. The molecule has 184 valence electrons. The summed E-state index contributed by atoms with van der Waals surface area (Å²) in [5.41, 5.74) is 0.239. The van der Waals surface area contributed by atoms with Crippen molar-refractivity contribution in [1.29, 1.82) is 0 Å². The number of hydrogen-bond donors (Lipinski definition) is 0. The fourth-order valence-corrected chi connectivity index (χ4v) is 5.46. The zero-order valence-electron chi connectivity index (χ0n) is 19.9. The van der Waals surface area contributed by atoms with Crippen LogP contribution in [0.4, 0.5) is 0 Å². The zero-order valence-corrected chi connectivity index (χ0v) is 19.9. The Kier molecular flexibility index (Phi) is 6.47. The van der Waals surface area contributed by atoms with Gasteiger partial charge in [-0.25, -0.2) is 0 Å². The molecule has 5 rings (SSSR count). The molecule has 3 amide bonds. The molecule has 3 aliphatic heterocycles. The van der Waals surface area contributed by atoms with E-state index in [-0.39, 0.29) is 49.9 Å². The molecule has 8 nitrogen and oxygen atoms in total. The van der Waals surface area contributed by atoms with Crippen LogP contribution in [0.3, 0.4) is 0 Å². The number of carbonyl (C=O) groups is 3. The highest BCUT2D eigenvalue weighted by molar-refractivity contribution is 6.10. The molecule has 2 aromatic carbocycles. The molecule has 35 heavy (non-hydrogen) atoms. The van der Waals surface area contributed by atoms with Crippen LogP contribution in [0, 0.1) is 0 Å². The van der Waals surface area contributed by atoms with Crippen LogP contribution in [-0.2, 0) is 31.1 Å². The highest BCUT2D eigenvalue weighted by Gasteiger charge is 2.54. The topological polar surface area (TPSA) is 85.4 Å². The van der Waals surface area contributed by atoms with Gasteiger partial charge in [0.05, 0.1) is 24.6 Å². The van der Waals surface area contributed by atoms with Crippen molar-refractivity contribution in [3.8, 4) is 11.5 Å². The Hall–Kier alpha value is -3.39. The van der Waals surface area contributed by atoms with Gasteiger partial charge in [-0.05, 0) is 42.5 Å². The Morgan fingerprint density at radius 3 is 2.69 bits per heavy atom. The molecule has 0 unspecified atom stereocenters. The lowest BCUT2D eigenvalue weighted by atomic mass is 9.75. The van der Waals surface area contributed by atoms with Crippen LogP contribution in [-0.4, -0.2) is 60.6 Å². The molecule has 0 radical (unpaired) electrons. The SMILES string of the molecule is COC[C@@H]1CCCCN1C(=O)C[C@]1(c2ccccc2)CC(=O)N(Cc2ccc3c(c2)OCO3)C1=O. The summed E-state index contributed by atoms with van der Waals surface area (Å²) in [7, 11) is 1.63. The van der Waals surface area contributed by atoms with E-state index in [0.29, 0.717) is 30.2 Å². The third-order valence-electron chi connectivity index (χ3n) is 7.27. The van der Waals surface area contributed by atoms with Crippen LogP contribution in [0.2, 0.25) is 0 Å². The van der Waals surface area contributed by atoms with Gasteiger partial charge in [-0.3, -0.25) is 19.3 Å². The van der Waals surface area contributed by atoms with Crippen molar-refractivity contribution >= 4 is 17.7 Å². The molecular formula is C27H30N2O6. The number of rotatable bonds is 7. The Morgan fingerprint density at radius 1 is 1.09 bits per heavy atom. The smallest absolute Gasteiger partial charge is 0.241 e. The monoisotopic (exact) mass is 478 g/mol. The molecule has 0 bridgehead atoms. The number of piperidine rings is 1. The number of carbonyl (C=O) groups excluding carboxylic acids is 3. The van der Waals surface area contributed by atoms with E-state index >= 15 is 0 Å². The molecule has 0 aliphatic carbocycles. The van der Waals surface area contributed by atoms with Gasteiger partial charge in [-0.2, -0.15) is 0 Å². The third kappa shape index (κ3) is 4.38. The molecule has 0 aromatic heterocycles. The van der Waals surface area contributed by atoms with Gasteiger partial charge in [0, 0.05) is 26.5 Å². The largest absolute Gasteiger partial charge is 0.454 e. The molecule has 0 saturated carbocycles. The predicted octanol–water partition coefficient (Wildman–Crippen LogP) is 3.03. The quantitative estimate of drug-likeness (QED) is 0.569. The van der Waals surface area contributed by atoms with Crippen molar-refractivity contribution in [3.05, 3.63) is 59.7 Å². The van der Waals surface area contributed by atoms with Crippen molar-refractivity contribution in [1.82, 2.24) is 9.80 Å². The van der Waals surface area contributed by atoms with Gasteiger partial charge in [0.1, 0.15) is 0 Å². The molecule has 2 atom stereocenters. The minimum Gasteiger partial charge on any atom is -0.454 e. The summed E-state index contributed by atoms with van der Waals surface area (Å²) in [5.74, 6) is 0.516. The van der Waals surface area contributed by atoms with Crippen LogP contribution in [0.5, 0.6) is 11.5 Å². The van der Waals surface area contributed by atoms with Gasteiger partial charge in [-0.15, -0.1) is 0 Å². The number of benzene rings is 2. The lowest BCUT2D eigenvalue weighted by Gasteiger charge is -2.37. The van der Waals surface area contributed by atoms with E-state index in [4.69, 9.17) is 14.2 Å². The highest BCUT2D eigenvalue weighted by atomic mass is 16.7. The summed E-state index contributed by atoms with van der Waals surface area (Å²) in [6.45, 7) is 1.38. The van der Waals surface area contributed by atoms with E-state index in [1.54, 1.807) is 19.2 Å². The molecule has 3 heterocycles. The lowest BCUT2D eigenvalue weighted by Crippen LogP contribution is -2.49. The summed E-state index contributed by atoms with van der Waals surface area (Å²) in [6.07, 6.45) is 2.77. The second-order valence-corrected chi connectivity index (χ2v) is 9.47. The van der Waals surface area contributed by atoms with Crippen LogP contribution < -0.4 is 9.47 Å². The summed E-state index contributed by atoms with van der Waals surface area (Å²) in [5, 5.41) is 0. The van der Waals surface area contributed by atoms with Gasteiger partial charge >= 0.3 is 0 Å². The van der Waals surface area contributed by atoms with Crippen molar-refractivity contribution in [2.24, 2.45) is 0 Å². The van der Waals surface area contributed by atoms with Crippen LogP contribution in [0.1, 0.15) is 43.2 Å². The van der Waals surface area contributed by atoms with Crippen molar-refractivity contribution in [3.63, 3.8) is 0 Å². The van der Waals surface area contributed by atoms with E-state index < -0.39 is 5.41 Å². The maximum atomic E-state index is 14.0. The first kappa shape index (κ1) is 23.4. The highest BCUT2D eigenvalue weighted by Crippen LogP contribution is 2.42. The van der Waals surface area contributed by atoms with Gasteiger partial charge < -0.3 is 19.1 Å². The zero-order chi connectivity index (χ0) is 24.4. The van der Waals surface area contributed by atoms with Crippen molar-refractivity contribution in [2.45, 2.75) is 50.1 Å². The number of likely N-dealkylation sites (tertiary alicyclic amines) is 2. The molecule has 2 saturated heterocycles. The van der Waals surface area contributed by atoms with E-state index in [1.807, 2.05) is 41.3 Å². The Labute approximate surface area is 204 Å². The Morgan fingerprint density at radius 2 is 1.89 bits per heavy atom. The first-order valence-corrected chi connectivity index (χ1v) is 12.1. The summed E-state index contributed by atoms with van der Waals surface area (Å²) >= 11 is 0. The van der Waals surface area contributed by atoms with Gasteiger partial charge in [0.15, 0.2) is 11.5 Å². The van der Waals surface area contributed by atoms with E-state index in [0.717, 1.165) is 24.8 Å². The van der Waals surface area contributed by atoms with Gasteiger partial charge in [0.2, 0.25) is 24.5 Å². The van der Waals surface area contributed by atoms with Crippen LogP contribution >= 0.6 is 0 Å². The van der Waals surface area contributed by atoms with Gasteiger partial charge in [0.25, 0.3) is 0 Å². The first-order chi connectivity index (χ1) is 17.0. The molecule has 2 fully saturated rings. The molecule has 3 aliphatic rings. The second kappa shape index (κ2) is 9.70. The van der Waals surface area contributed by atoms with Crippen LogP contribution in [0.25, 0.3) is 0 Å². The van der Waals surface area contributed by atoms with Crippen molar-refractivity contribution in [2.75, 3.05) is 27.1 Å². The summed E-state index contributed by atoms with van der Waals surface area (Å²) in [4.78, 5) is 43.9.